The van der Waals surface area contributed by atoms with E-state index in [9.17, 15) is 57.6 Å². The Bertz CT molecular complexity index is 1780. The van der Waals surface area contributed by atoms with E-state index in [0.29, 0.717) is 18.2 Å². The lowest BCUT2D eigenvalue weighted by Gasteiger charge is -2.43. The number of hydrogen-bond donors (Lipinski definition) is 5. The molecule has 0 aromatic heterocycles. The first-order valence-electron chi connectivity index (χ1n) is 16.1. The highest BCUT2D eigenvalue weighted by molar-refractivity contribution is 8.14. The van der Waals surface area contributed by atoms with Crippen LogP contribution in [0, 0.1) is 0 Å². The van der Waals surface area contributed by atoms with E-state index in [-0.39, 0.29) is 39.5 Å². The monoisotopic (exact) mass is 739 g/mol. The number of methoxy groups -OCH3 is 1. The number of phenols is 2. The van der Waals surface area contributed by atoms with Gasteiger partial charge in [0.15, 0.2) is 23.0 Å². The molecule has 5 rings (SSSR count). The number of amides is 1. The van der Waals surface area contributed by atoms with Gasteiger partial charge in [0.25, 0.3) is 0 Å². The standard InChI is InChI=1S/C34H36F3NO12S/c1-4-5-9-21(40)51-13-20(39)33(47)11-16-24(19(12-33)50-22-10-17(27(41)14(2)49-22)38-32(46)34(35,36)37)31(45)26-25(29(16)43)28(42)15-7-6-8-18(48-3)23(15)30(26)44/h6-8,14,17,19,22,27,41,43,45,47H,4-5,9-13H2,1-3H3,(H,38,46)/t14?,17?,19-,22?,27?,33-/m0/s1. The number of nitrogens with one attached hydrogen (secondary N) is 1. The van der Waals surface area contributed by atoms with Crippen LogP contribution in [0.25, 0.3) is 0 Å². The van der Waals surface area contributed by atoms with Crippen LogP contribution in [0.3, 0.4) is 0 Å². The van der Waals surface area contributed by atoms with Crippen LogP contribution in [0.2, 0.25) is 0 Å². The van der Waals surface area contributed by atoms with Crippen LogP contribution in [-0.4, -0.2) is 98.0 Å². The highest BCUT2D eigenvalue weighted by Crippen LogP contribution is 2.52. The molecule has 17 heteroatoms. The summed E-state index contributed by atoms with van der Waals surface area (Å²) in [6, 6.07) is 2.63. The molecule has 2 aliphatic carbocycles. The predicted octanol–water partition coefficient (Wildman–Crippen LogP) is 3.18. The molecule has 1 saturated heterocycles. The van der Waals surface area contributed by atoms with E-state index in [4.69, 9.17) is 14.2 Å². The number of phenolic OH excluding ortho intramolecular Hbond substituents is 2. The van der Waals surface area contributed by atoms with Gasteiger partial charge < -0.3 is 40.0 Å². The third-order valence-corrected chi connectivity index (χ3v) is 10.2. The molecule has 2 aromatic carbocycles. The molecule has 3 aliphatic rings. The van der Waals surface area contributed by atoms with Crippen LogP contribution in [0.4, 0.5) is 13.2 Å². The van der Waals surface area contributed by atoms with Crippen LogP contribution >= 0.6 is 11.8 Å². The number of rotatable bonds is 10. The second kappa shape index (κ2) is 14.5. The van der Waals surface area contributed by atoms with Gasteiger partial charge in [-0.25, -0.2) is 0 Å². The number of aliphatic hydroxyl groups is 2. The summed E-state index contributed by atoms with van der Waals surface area (Å²) in [6.45, 7) is 3.17. The van der Waals surface area contributed by atoms with E-state index in [0.717, 1.165) is 6.42 Å². The lowest BCUT2D eigenvalue weighted by atomic mass is 9.72. The Morgan fingerprint density at radius 1 is 1.10 bits per heavy atom. The fourth-order valence-electron chi connectivity index (χ4n) is 6.64. The maximum Gasteiger partial charge on any atom is 0.471 e. The van der Waals surface area contributed by atoms with Gasteiger partial charge in [-0.15, -0.1) is 0 Å². The van der Waals surface area contributed by atoms with E-state index in [1.54, 1.807) is 5.32 Å². The molecular formula is C34H36F3NO12S. The van der Waals surface area contributed by atoms with E-state index < -0.39 is 113 Å². The number of carbonyl (C=O) groups is 5. The topological polar surface area (TPSA) is 206 Å². The molecule has 51 heavy (non-hydrogen) atoms. The summed E-state index contributed by atoms with van der Waals surface area (Å²) in [5.41, 5.74) is -4.59. The van der Waals surface area contributed by atoms with Crippen molar-refractivity contribution in [2.45, 2.75) is 94.8 Å². The Balaban J connectivity index is 1.58. The van der Waals surface area contributed by atoms with E-state index in [1.165, 1.54) is 32.2 Å². The maximum absolute atomic E-state index is 13.9. The third kappa shape index (κ3) is 7.22. The van der Waals surface area contributed by atoms with Gasteiger partial charge in [0.1, 0.15) is 29.0 Å². The van der Waals surface area contributed by atoms with Crippen molar-refractivity contribution in [1.82, 2.24) is 5.32 Å². The fourth-order valence-corrected chi connectivity index (χ4v) is 7.48. The molecule has 2 aromatic rings. The van der Waals surface area contributed by atoms with Crippen LogP contribution in [0.15, 0.2) is 18.2 Å². The summed E-state index contributed by atoms with van der Waals surface area (Å²) in [6.07, 6.45) is -11.7. The number of thioether (sulfide) groups is 1. The quantitative estimate of drug-likeness (QED) is 0.190. The normalized spacial score (nSPS) is 25.8. The lowest BCUT2D eigenvalue weighted by Crippen LogP contribution is -2.57. The Hall–Kier alpha value is -4.03. The zero-order chi connectivity index (χ0) is 37.6. The minimum absolute atomic E-state index is 0.00182. The molecule has 276 valence electrons. The van der Waals surface area contributed by atoms with Gasteiger partial charge in [-0.2, -0.15) is 13.2 Å². The van der Waals surface area contributed by atoms with Crippen LogP contribution < -0.4 is 10.1 Å². The number of halogens is 3. The highest BCUT2D eigenvalue weighted by atomic mass is 32.2. The Kier molecular flexibility index (Phi) is 10.9. The molecule has 0 bridgehead atoms. The van der Waals surface area contributed by atoms with Crippen molar-refractivity contribution in [2.24, 2.45) is 0 Å². The van der Waals surface area contributed by atoms with Gasteiger partial charge in [0, 0.05) is 42.4 Å². The zero-order valence-electron chi connectivity index (χ0n) is 27.7. The fraction of sp³-hybridized carbons (Fsp3) is 0.500. The molecule has 1 aliphatic heterocycles. The van der Waals surface area contributed by atoms with Crippen molar-refractivity contribution in [1.29, 1.82) is 0 Å². The summed E-state index contributed by atoms with van der Waals surface area (Å²) < 4.78 is 56.2. The SMILES string of the molecule is CCCCC(=O)SCC(=O)[C@]1(O)Cc2c(O)c3c(c(O)c2[C@@H](OC2CC(NC(=O)C(F)(F)F)C(O)C(C)O2)C1)C(=O)c1c(OC)cccc1C3=O. The van der Waals surface area contributed by atoms with Gasteiger partial charge in [-0.3, -0.25) is 24.0 Å². The summed E-state index contributed by atoms with van der Waals surface area (Å²) in [7, 11) is 1.26. The van der Waals surface area contributed by atoms with Gasteiger partial charge in [-0.1, -0.05) is 37.2 Å². The molecule has 0 radical (unpaired) electrons. The van der Waals surface area contributed by atoms with Crippen LogP contribution in [0.5, 0.6) is 17.2 Å². The number of aromatic hydroxyl groups is 2. The van der Waals surface area contributed by atoms with Crippen LogP contribution in [-0.2, 0) is 30.3 Å². The highest BCUT2D eigenvalue weighted by Gasteiger charge is 2.51. The van der Waals surface area contributed by atoms with Gasteiger partial charge in [-0.05, 0) is 19.4 Å². The molecular weight excluding hydrogens is 703 g/mol. The molecule has 5 N–H and O–H groups in total. The third-order valence-electron chi connectivity index (χ3n) is 9.29. The zero-order valence-corrected chi connectivity index (χ0v) is 28.5. The smallest absolute Gasteiger partial charge is 0.471 e. The first-order chi connectivity index (χ1) is 23.9. The molecule has 13 nitrogen and oxygen atoms in total. The molecule has 6 atom stereocenters. The number of alkyl halides is 3. The van der Waals surface area contributed by atoms with Gasteiger partial charge in [0.05, 0.1) is 47.8 Å². The molecule has 1 fully saturated rings. The Morgan fingerprint density at radius 2 is 1.78 bits per heavy atom. The molecule has 1 amide bonds. The number of carbonyl (C=O) groups excluding carboxylic acids is 5. The first kappa shape index (κ1) is 38.2. The number of fused-ring (bicyclic) bond motifs is 3. The van der Waals surface area contributed by atoms with E-state index in [2.05, 4.69) is 0 Å². The molecule has 1 heterocycles. The van der Waals surface area contributed by atoms with Crippen molar-refractivity contribution >= 4 is 40.1 Å². The number of benzene rings is 2. The van der Waals surface area contributed by atoms with Crippen molar-refractivity contribution in [3.63, 3.8) is 0 Å². The van der Waals surface area contributed by atoms with Crippen molar-refractivity contribution in [2.75, 3.05) is 12.9 Å². The number of ketones is 3. The van der Waals surface area contributed by atoms with Crippen molar-refractivity contribution in [3.05, 3.63) is 51.6 Å². The number of aliphatic hydroxyl groups excluding tert-OH is 1. The first-order valence-corrected chi connectivity index (χ1v) is 17.1. The second-order valence-electron chi connectivity index (χ2n) is 12.7. The van der Waals surface area contributed by atoms with Gasteiger partial charge in [0.2, 0.25) is 5.78 Å². The number of unbranched alkanes of at least 4 members (excludes halogenated alkanes) is 1. The minimum atomic E-state index is -5.28. The molecule has 4 unspecified atom stereocenters. The van der Waals surface area contributed by atoms with E-state index in [1.807, 2.05) is 6.92 Å². The summed E-state index contributed by atoms with van der Waals surface area (Å²) in [5.74, 6) is -7.12. The maximum atomic E-state index is 13.9. The predicted molar refractivity (Wildman–Crippen MR) is 172 cm³/mol. The Labute approximate surface area is 293 Å². The average Bonchev–Trinajstić information content (AvgIpc) is 3.07. The number of Topliss-reactive ketones (excluding diaryl/α,β-unsaturated/α-hetero) is 1. The molecule has 0 saturated carbocycles. The largest absolute Gasteiger partial charge is 0.507 e. The molecule has 0 spiro atoms. The van der Waals surface area contributed by atoms with Crippen molar-refractivity contribution < 1.29 is 71.8 Å². The van der Waals surface area contributed by atoms with Crippen LogP contribution in [0.1, 0.15) is 95.0 Å². The average molecular weight is 740 g/mol. The second-order valence-corrected chi connectivity index (χ2v) is 13.7. The lowest BCUT2D eigenvalue weighted by molar-refractivity contribution is -0.250. The van der Waals surface area contributed by atoms with Gasteiger partial charge >= 0.3 is 12.1 Å². The minimum Gasteiger partial charge on any atom is -0.507 e. The Morgan fingerprint density at radius 3 is 2.43 bits per heavy atom. The van der Waals surface area contributed by atoms with E-state index >= 15 is 0 Å². The van der Waals surface area contributed by atoms with Crippen molar-refractivity contribution in [3.8, 4) is 17.2 Å². The summed E-state index contributed by atoms with van der Waals surface area (Å²) in [4.78, 5) is 65.3. The number of hydrogen-bond acceptors (Lipinski definition) is 13. The number of ether oxygens (including phenoxy) is 3. The summed E-state index contributed by atoms with van der Waals surface area (Å²) >= 11 is 0.674. The summed E-state index contributed by atoms with van der Waals surface area (Å²) in [5, 5.41) is 47.1.